The lowest BCUT2D eigenvalue weighted by Crippen LogP contribution is -2.39. The maximum absolute atomic E-state index is 12.3. The Morgan fingerprint density at radius 3 is 2.68 bits per heavy atom. The van der Waals surface area contributed by atoms with Crippen molar-refractivity contribution in [3.8, 4) is 0 Å². The number of aromatic carboxylic acids is 1. The number of carbonyl (C=O) groups excluding carboxylic acids is 1. The normalized spacial score (nSPS) is 19.1. The van der Waals surface area contributed by atoms with Gasteiger partial charge in [-0.2, -0.15) is 13.2 Å². The highest BCUT2D eigenvalue weighted by Gasteiger charge is 2.34. The molecule has 1 aromatic rings. The predicted molar refractivity (Wildman–Crippen MR) is 69.6 cm³/mol. The third-order valence-electron chi connectivity index (χ3n) is 3.26. The van der Waals surface area contributed by atoms with E-state index in [9.17, 15) is 22.8 Å². The highest BCUT2D eigenvalue weighted by atomic mass is 19.4. The van der Waals surface area contributed by atoms with Crippen molar-refractivity contribution in [1.29, 1.82) is 0 Å². The van der Waals surface area contributed by atoms with Crippen LogP contribution in [0.5, 0.6) is 0 Å². The molecule has 6 nitrogen and oxygen atoms in total. The summed E-state index contributed by atoms with van der Waals surface area (Å²) in [6.07, 6.45) is -1.53. The van der Waals surface area contributed by atoms with E-state index in [1.165, 1.54) is 17.2 Å². The van der Waals surface area contributed by atoms with Crippen LogP contribution in [-0.2, 0) is 0 Å². The van der Waals surface area contributed by atoms with E-state index in [-0.39, 0.29) is 24.2 Å². The van der Waals surface area contributed by atoms with Crippen LogP contribution in [0, 0.1) is 0 Å². The Morgan fingerprint density at radius 1 is 1.36 bits per heavy atom. The van der Waals surface area contributed by atoms with Gasteiger partial charge in [0.1, 0.15) is 0 Å². The molecule has 0 aromatic carbocycles. The van der Waals surface area contributed by atoms with E-state index in [1.54, 1.807) is 0 Å². The molecule has 1 aliphatic heterocycles. The molecule has 1 aromatic heterocycles. The average molecular weight is 317 g/mol. The number of carboxylic acids is 1. The summed E-state index contributed by atoms with van der Waals surface area (Å²) >= 11 is 0. The van der Waals surface area contributed by atoms with E-state index in [1.807, 2.05) is 0 Å². The molecule has 0 radical (unpaired) electrons. The van der Waals surface area contributed by atoms with Crippen LogP contribution < -0.4 is 5.32 Å². The smallest absolute Gasteiger partial charge is 0.401 e. The van der Waals surface area contributed by atoms with Crippen molar-refractivity contribution in [2.24, 2.45) is 0 Å². The SMILES string of the molecule is O=C(O)c1cncc(C(=O)NC2CCN(CC(F)(F)F)C2)c1. The van der Waals surface area contributed by atoms with Crippen molar-refractivity contribution >= 4 is 11.9 Å². The zero-order chi connectivity index (χ0) is 16.3. The lowest BCUT2D eigenvalue weighted by molar-refractivity contribution is -0.143. The van der Waals surface area contributed by atoms with Crippen molar-refractivity contribution in [2.45, 2.75) is 18.6 Å². The van der Waals surface area contributed by atoms with Crippen molar-refractivity contribution < 1.29 is 27.9 Å². The second-order valence-corrected chi connectivity index (χ2v) is 5.08. The van der Waals surface area contributed by atoms with Gasteiger partial charge in [0, 0.05) is 31.5 Å². The van der Waals surface area contributed by atoms with E-state index in [4.69, 9.17) is 5.11 Å². The quantitative estimate of drug-likeness (QED) is 0.870. The van der Waals surface area contributed by atoms with Crippen LogP contribution in [0.4, 0.5) is 13.2 Å². The molecule has 22 heavy (non-hydrogen) atoms. The molecule has 1 fully saturated rings. The number of alkyl halides is 3. The lowest BCUT2D eigenvalue weighted by atomic mass is 10.2. The van der Waals surface area contributed by atoms with Crippen LogP contribution in [0.1, 0.15) is 27.1 Å². The van der Waals surface area contributed by atoms with Gasteiger partial charge in [0.25, 0.3) is 5.91 Å². The number of halogens is 3. The predicted octanol–water partition coefficient (Wildman–Crippen LogP) is 1.15. The van der Waals surface area contributed by atoms with E-state index in [2.05, 4.69) is 10.3 Å². The number of hydrogen-bond acceptors (Lipinski definition) is 4. The molecule has 2 rings (SSSR count). The highest BCUT2D eigenvalue weighted by Crippen LogP contribution is 2.20. The summed E-state index contributed by atoms with van der Waals surface area (Å²) in [7, 11) is 0. The lowest BCUT2D eigenvalue weighted by Gasteiger charge is -2.18. The molecule has 0 saturated carbocycles. The van der Waals surface area contributed by atoms with Crippen molar-refractivity contribution in [2.75, 3.05) is 19.6 Å². The minimum atomic E-state index is -4.27. The summed E-state index contributed by atoms with van der Waals surface area (Å²) in [6, 6.07) is 0.774. The molecule has 2 heterocycles. The number of likely N-dealkylation sites (tertiary alicyclic amines) is 1. The van der Waals surface area contributed by atoms with Gasteiger partial charge in [0.15, 0.2) is 0 Å². The second-order valence-electron chi connectivity index (χ2n) is 5.08. The number of rotatable bonds is 4. The minimum absolute atomic E-state index is 0.0640. The van der Waals surface area contributed by atoms with Gasteiger partial charge in [0.2, 0.25) is 0 Å². The van der Waals surface area contributed by atoms with Crippen molar-refractivity contribution in [3.63, 3.8) is 0 Å². The topological polar surface area (TPSA) is 82.5 Å². The average Bonchev–Trinajstić information content (AvgIpc) is 2.83. The van der Waals surface area contributed by atoms with Gasteiger partial charge in [-0.25, -0.2) is 4.79 Å². The van der Waals surface area contributed by atoms with Crippen molar-refractivity contribution in [3.05, 3.63) is 29.6 Å². The largest absolute Gasteiger partial charge is 0.478 e. The van der Waals surface area contributed by atoms with Gasteiger partial charge in [-0.1, -0.05) is 0 Å². The minimum Gasteiger partial charge on any atom is -0.478 e. The molecule has 1 saturated heterocycles. The number of pyridine rings is 1. The van der Waals surface area contributed by atoms with Crippen LogP contribution in [0.25, 0.3) is 0 Å². The Labute approximate surface area is 123 Å². The van der Waals surface area contributed by atoms with Crippen LogP contribution in [0.3, 0.4) is 0 Å². The molecule has 9 heteroatoms. The highest BCUT2D eigenvalue weighted by molar-refractivity contribution is 5.97. The number of nitrogens with one attached hydrogen (secondary N) is 1. The van der Waals surface area contributed by atoms with E-state index >= 15 is 0 Å². The molecule has 0 spiro atoms. The number of carbonyl (C=O) groups is 2. The molecular weight excluding hydrogens is 303 g/mol. The van der Waals surface area contributed by atoms with Gasteiger partial charge in [-0.15, -0.1) is 0 Å². The Morgan fingerprint density at radius 2 is 2.05 bits per heavy atom. The number of amides is 1. The Bertz CT molecular complexity index is 577. The summed E-state index contributed by atoms with van der Waals surface area (Å²) < 4.78 is 36.9. The molecule has 1 unspecified atom stereocenters. The Kier molecular flexibility index (Phi) is 4.65. The summed E-state index contributed by atoms with van der Waals surface area (Å²) in [5.41, 5.74) is -0.0630. The third-order valence-corrected chi connectivity index (χ3v) is 3.26. The fraction of sp³-hybridized carbons (Fsp3) is 0.462. The maximum atomic E-state index is 12.3. The fourth-order valence-electron chi connectivity index (χ4n) is 2.30. The molecule has 120 valence electrons. The van der Waals surface area contributed by atoms with Gasteiger partial charge < -0.3 is 10.4 Å². The first kappa shape index (κ1) is 16.2. The van der Waals surface area contributed by atoms with Gasteiger partial charge in [0.05, 0.1) is 17.7 Å². The molecule has 0 bridgehead atoms. The van der Waals surface area contributed by atoms with E-state index in [0.29, 0.717) is 6.42 Å². The first-order valence-electron chi connectivity index (χ1n) is 6.53. The molecule has 2 N–H and O–H groups in total. The number of carboxylic acid groups (broad SMARTS) is 1. The summed E-state index contributed by atoms with van der Waals surface area (Å²) in [4.78, 5) is 27.7. The number of aromatic nitrogens is 1. The van der Waals surface area contributed by atoms with Crippen molar-refractivity contribution in [1.82, 2.24) is 15.2 Å². The second kappa shape index (κ2) is 6.30. The van der Waals surface area contributed by atoms with Crippen LogP contribution >= 0.6 is 0 Å². The molecule has 1 aliphatic rings. The first-order valence-corrected chi connectivity index (χ1v) is 6.53. The summed E-state index contributed by atoms with van der Waals surface area (Å²) in [6.45, 7) is -0.648. The van der Waals surface area contributed by atoms with Crippen LogP contribution in [0.2, 0.25) is 0 Å². The van der Waals surface area contributed by atoms with Gasteiger partial charge in [-0.3, -0.25) is 14.7 Å². The Balaban J connectivity index is 1.93. The first-order chi connectivity index (χ1) is 10.2. The molecule has 1 atom stereocenters. The van der Waals surface area contributed by atoms with Crippen LogP contribution in [0.15, 0.2) is 18.5 Å². The molecular formula is C13H14F3N3O3. The zero-order valence-electron chi connectivity index (χ0n) is 11.4. The maximum Gasteiger partial charge on any atom is 0.401 e. The van der Waals surface area contributed by atoms with Gasteiger partial charge >= 0.3 is 12.1 Å². The van der Waals surface area contributed by atoms with Crippen LogP contribution in [-0.4, -0.2) is 58.7 Å². The zero-order valence-corrected chi connectivity index (χ0v) is 11.4. The monoisotopic (exact) mass is 317 g/mol. The molecule has 0 aliphatic carbocycles. The Hall–Kier alpha value is -2.16. The fourth-order valence-corrected chi connectivity index (χ4v) is 2.30. The number of hydrogen-bond donors (Lipinski definition) is 2. The van der Waals surface area contributed by atoms with E-state index in [0.717, 1.165) is 6.20 Å². The summed E-state index contributed by atoms with van der Waals surface area (Å²) in [5.74, 6) is -1.76. The summed E-state index contributed by atoms with van der Waals surface area (Å²) in [5, 5.41) is 11.4. The van der Waals surface area contributed by atoms with E-state index < -0.39 is 30.6 Å². The molecule has 1 amide bonds. The number of nitrogens with zero attached hydrogens (tertiary/aromatic N) is 2. The standard InChI is InChI=1S/C13H14F3N3O3/c14-13(15,16)7-19-2-1-10(6-19)18-11(20)8-3-9(12(21)22)5-17-4-8/h3-5,10H,1-2,6-7H2,(H,18,20)(H,21,22). The third kappa shape index (κ3) is 4.42. The van der Waals surface area contributed by atoms with Gasteiger partial charge in [-0.05, 0) is 12.5 Å².